The van der Waals surface area contributed by atoms with Crippen molar-refractivity contribution < 1.29 is 31.4 Å². The maximum absolute atomic E-state index is 10.7. The molecule has 17 heavy (non-hydrogen) atoms. The fourth-order valence-electron chi connectivity index (χ4n) is 1.37. The summed E-state index contributed by atoms with van der Waals surface area (Å²) in [6.45, 7) is 2.16. The topological polar surface area (TPSA) is 99.1 Å². The third-order valence-corrected chi connectivity index (χ3v) is 3.07. The molecule has 1 saturated heterocycles. The summed E-state index contributed by atoms with van der Waals surface area (Å²) >= 11 is 0. The summed E-state index contributed by atoms with van der Waals surface area (Å²) in [6.07, 6.45) is 4.74. The minimum atomic E-state index is -4.19. The summed E-state index contributed by atoms with van der Waals surface area (Å²) in [5, 5.41) is 8.72. The molecule has 0 atom stereocenters. The molecule has 0 spiro atoms. The van der Waals surface area contributed by atoms with Crippen LogP contribution in [0.1, 0.15) is 39.0 Å². The third-order valence-electron chi connectivity index (χ3n) is 2.23. The minimum absolute atomic E-state index is 0.0749. The van der Waals surface area contributed by atoms with E-state index in [0.717, 1.165) is 25.7 Å². The van der Waals surface area contributed by atoms with E-state index in [1.54, 1.807) is 0 Å². The van der Waals surface area contributed by atoms with Gasteiger partial charge in [-0.25, -0.2) is 4.79 Å². The van der Waals surface area contributed by atoms with E-state index in [2.05, 4.69) is 15.3 Å². The molecule has 0 aromatic heterocycles. The van der Waals surface area contributed by atoms with Crippen LogP contribution in [0.15, 0.2) is 0 Å². The zero-order chi connectivity index (χ0) is 12.9. The van der Waals surface area contributed by atoms with Gasteiger partial charge >= 0.3 is 22.3 Å². The van der Waals surface area contributed by atoms with Crippen LogP contribution in [-0.4, -0.2) is 32.1 Å². The second-order valence-corrected chi connectivity index (χ2v) is 4.85. The van der Waals surface area contributed by atoms with Gasteiger partial charge in [-0.3, -0.25) is 0 Å². The van der Waals surface area contributed by atoms with Crippen LogP contribution in [0.25, 0.3) is 0 Å². The number of hydrogen-bond donors (Lipinski definition) is 1. The largest absolute Gasteiger partial charge is 0.475 e. The van der Waals surface area contributed by atoms with Gasteiger partial charge in [0.05, 0.1) is 6.61 Å². The second-order valence-electron chi connectivity index (χ2n) is 3.70. The van der Waals surface area contributed by atoms with Crippen LogP contribution in [0.2, 0.25) is 0 Å². The van der Waals surface area contributed by atoms with Gasteiger partial charge in [-0.05, 0) is 6.42 Å². The van der Waals surface area contributed by atoms with Crippen LogP contribution in [0.3, 0.4) is 0 Å². The summed E-state index contributed by atoms with van der Waals surface area (Å²) in [5.41, 5.74) is 0. The first-order valence-electron chi connectivity index (χ1n) is 5.45. The van der Waals surface area contributed by atoms with Crippen molar-refractivity contribution in [2.75, 3.05) is 6.61 Å². The fourth-order valence-corrected chi connectivity index (χ4v) is 2.16. The van der Waals surface area contributed by atoms with Gasteiger partial charge in [-0.2, -0.15) is 16.8 Å². The van der Waals surface area contributed by atoms with E-state index in [-0.39, 0.29) is 6.61 Å². The lowest BCUT2D eigenvalue weighted by Crippen LogP contribution is -2.58. The van der Waals surface area contributed by atoms with Crippen LogP contribution in [0, 0.1) is 0 Å². The molecule has 0 aromatic carbocycles. The van der Waals surface area contributed by atoms with Crippen molar-refractivity contribution in [1.82, 2.24) is 0 Å². The summed E-state index contributed by atoms with van der Waals surface area (Å²) in [4.78, 5) is 10.7. The molecule has 1 fully saturated rings. The maximum atomic E-state index is 10.7. The van der Waals surface area contributed by atoms with Crippen LogP contribution < -0.4 is 0 Å². The molecular formula is C9H16O7S. The molecule has 0 aliphatic carbocycles. The fraction of sp³-hybridized carbons (Fsp3) is 0.889. The molecule has 0 bridgehead atoms. The zero-order valence-corrected chi connectivity index (χ0v) is 10.4. The number of aliphatic carboxylic acids is 1. The van der Waals surface area contributed by atoms with Crippen LogP contribution in [0.5, 0.6) is 0 Å². The lowest BCUT2D eigenvalue weighted by Gasteiger charge is -2.33. The van der Waals surface area contributed by atoms with Gasteiger partial charge in [-0.15, -0.1) is 0 Å². The normalized spacial score (nSPS) is 20.8. The van der Waals surface area contributed by atoms with Gasteiger partial charge in [0.1, 0.15) is 0 Å². The van der Waals surface area contributed by atoms with Crippen LogP contribution in [0.4, 0.5) is 0 Å². The van der Waals surface area contributed by atoms with Crippen molar-refractivity contribution in [1.29, 1.82) is 0 Å². The molecule has 1 rings (SSSR count). The van der Waals surface area contributed by atoms with Gasteiger partial charge in [0, 0.05) is 0 Å². The Morgan fingerprint density at radius 1 is 1.24 bits per heavy atom. The van der Waals surface area contributed by atoms with E-state index in [4.69, 9.17) is 9.84 Å². The van der Waals surface area contributed by atoms with Gasteiger partial charge in [0.15, 0.2) is 0 Å². The Morgan fingerprint density at radius 3 is 2.29 bits per heavy atom. The van der Waals surface area contributed by atoms with Gasteiger partial charge in [0.25, 0.3) is 0 Å². The zero-order valence-electron chi connectivity index (χ0n) is 9.55. The molecule has 0 saturated carbocycles. The predicted molar refractivity (Wildman–Crippen MR) is 56.2 cm³/mol. The molecule has 1 aliphatic heterocycles. The van der Waals surface area contributed by atoms with Gasteiger partial charge < -0.3 is 9.84 Å². The molecule has 0 aromatic rings. The summed E-state index contributed by atoms with van der Waals surface area (Å²) in [5.74, 6) is -4.08. The first kappa shape index (κ1) is 14.4. The number of rotatable bonds is 8. The summed E-state index contributed by atoms with van der Waals surface area (Å²) in [6, 6.07) is 0. The van der Waals surface area contributed by atoms with Crippen LogP contribution in [-0.2, 0) is 28.3 Å². The van der Waals surface area contributed by atoms with E-state index in [1.807, 2.05) is 0 Å². The number of unbranched alkanes of at least 4 members (excludes halogenated alkanes) is 4. The average Bonchev–Trinajstić information content (AvgIpc) is 2.19. The van der Waals surface area contributed by atoms with E-state index >= 15 is 0 Å². The van der Waals surface area contributed by atoms with Crippen molar-refractivity contribution in [3.63, 3.8) is 0 Å². The molecule has 1 heterocycles. The Kier molecular flexibility index (Phi) is 4.87. The summed E-state index contributed by atoms with van der Waals surface area (Å²) in [7, 11) is -4.19. The molecule has 100 valence electrons. The van der Waals surface area contributed by atoms with Crippen molar-refractivity contribution in [3.05, 3.63) is 0 Å². The third kappa shape index (κ3) is 3.91. The molecule has 8 heteroatoms. The minimum Gasteiger partial charge on any atom is -0.475 e. The molecule has 1 aliphatic rings. The summed E-state index contributed by atoms with van der Waals surface area (Å²) < 4.78 is 34.3. The Bertz CT molecular complexity index is 350. The Morgan fingerprint density at radius 2 is 1.82 bits per heavy atom. The first-order valence-corrected chi connectivity index (χ1v) is 6.79. The Hall–Kier alpha value is -0.700. The number of ether oxygens (including phenoxy) is 1. The number of carboxylic acid groups (broad SMARTS) is 1. The van der Waals surface area contributed by atoms with Crippen molar-refractivity contribution in [3.8, 4) is 0 Å². The number of carbonyl (C=O) groups is 1. The Balaban J connectivity index is 2.26. The van der Waals surface area contributed by atoms with Crippen molar-refractivity contribution in [2.45, 2.75) is 45.0 Å². The highest BCUT2D eigenvalue weighted by Crippen LogP contribution is 2.32. The standard InChI is InChI=1S/C9H16O7S/c1-2-3-4-5-6-7-14-9(8(10)11)15-17(12,13)16-9/h2-7H2,1H3,(H,10,11). The maximum Gasteiger partial charge on any atom is 0.419 e. The number of carboxylic acids is 1. The van der Waals surface area contributed by atoms with E-state index in [1.165, 1.54) is 0 Å². The number of hydrogen-bond acceptors (Lipinski definition) is 6. The van der Waals surface area contributed by atoms with Gasteiger partial charge in [-0.1, -0.05) is 32.6 Å². The van der Waals surface area contributed by atoms with Crippen molar-refractivity contribution in [2.24, 2.45) is 0 Å². The molecular weight excluding hydrogens is 252 g/mol. The van der Waals surface area contributed by atoms with E-state index in [0.29, 0.717) is 6.42 Å². The highest BCUT2D eigenvalue weighted by atomic mass is 32.3. The quantitative estimate of drug-likeness (QED) is 0.655. The molecule has 0 radical (unpaired) electrons. The monoisotopic (exact) mass is 268 g/mol. The average molecular weight is 268 g/mol. The highest BCUT2D eigenvalue weighted by molar-refractivity contribution is 7.82. The molecule has 7 nitrogen and oxygen atoms in total. The molecule has 0 unspecified atom stereocenters. The molecule has 1 N–H and O–H groups in total. The van der Waals surface area contributed by atoms with E-state index < -0.39 is 22.3 Å². The SMILES string of the molecule is CCCCCCCOC1(C(=O)O)OS(=O)(=O)O1. The first-order chi connectivity index (χ1) is 7.92. The lowest BCUT2D eigenvalue weighted by molar-refractivity contribution is -0.334. The van der Waals surface area contributed by atoms with Crippen LogP contribution >= 0.6 is 0 Å². The second kappa shape index (κ2) is 5.76. The Labute approximate surface area is 100.0 Å². The highest BCUT2D eigenvalue weighted by Gasteiger charge is 2.61. The molecule has 0 amide bonds. The lowest BCUT2D eigenvalue weighted by atomic mass is 10.2. The van der Waals surface area contributed by atoms with Crippen molar-refractivity contribution >= 4 is 16.4 Å². The van der Waals surface area contributed by atoms with Gasteiger partial charge in [0.2, 0.25) is 0 Å². The predicted octanol–water partition coefficient (Wildman–Crippen LogP) is 1.00. The van der Waals surface area contributed by atoms with E-state index in [9.17, 15) is 13.2 Å². The smallest absolute Gasteiger partial charge is 0.419 e.